The average Bonchev–Trinajstić information content (AvgIpc) is 2.51. The smallest absolute Gasteiger partial charge is 0.251 e. The highest BCUT2D eigenvalue weighted by Crippen LogP contribution is 2.17. The zero-order valence-electron chi connectivity index (χ0n) is 12.2. The first-order valence-corrected chi connectivity index (χ1v) is 8.74. The lowest BCUT2D eigenvalue weighted by Crippen LogP contribution is -2.26. The van der Waals surface area contributed by atoms with Crippen molar-refractivity contribution in [3.63, 3.8) is 0 Å². The Kier molecular flexibility index (Phi) is 4.92. The number of fused-ring (bicyclic) bond motifs is 1. The van der Waals surface area contributed by atoms with Gasteiger partial charge < -0.3 is 11.1 Å². The van der Waals surface area contributed by atoms with Gasteiger partial charge in [-0.3, -0.25) is 4.79 Å². The zero-order valence-corrected chi connectivity index (χ0v) is 13.1. The molecule has 1 aromatic carbocycles. The van der Waals surface area contributed by atoms with E-state index < -0.39 is 9.84 Å². The van der Waals surface area contributed by atoms with Crippen molar-refractivity contribution in [1.29, 1.82) is 0 Å². The number of nitrogen functional groups attached to an aromatic ring is 1. The van der Waals surface area contributed by atoms with Gasteiger partial charge in [0.2, 0.25) is 0 Å². The van der Waals surface area contributed by atoms with E-state index in [1.165, 1.54) is 6.33 Å². The summed E-state index contributed by atoms with van der Waals surface area (Å²) in [5.74, 6) is 0.285. The topological polar surface area (TPSA) is 115 Å². The summed E-state index contributed by atoms with van der Waals surface area (Å²) in [5, 5.41) is 3.38. The zero-order chi connectivity index (χ0) is 16.2. The number of sulfone groups is 1. The van der Waals surface area contributed by atoms with Crippen LogP contribution < -0.4 is 11.1 Å². The molecule has 22 heavy (non-hydrogen) atoms. The van der Waals surface area contributed by atoms with Crippen LogP contribution in [-0.2, 0) is 9.84 Å². The first-order valence-electron chi connectivity index (χ1n) is 6.92. The molecule has 0 aliphatic rings. The monoisotopic (exact) mass is 322 g/mol. The number of hydrogen-bond donors (Lipinski definition) is 2. The van der Waals surface area contributed by atoms with Crippen LogP contribution in [-0.4, -0.2) is 42.3 Å². The lowest BCUT2D eigenvalue weighted by atomic mass is 10.1. The quantitative estimate of drug-likeness (QED) is 0.759. The number of carbonyl (C=O) groups is 1. The van der Waals surface area contributed by atoms with Crippen LogP contribution in [0.4, 0.5) is 5.82 Å². The number of anilines is 1. The molecule has 1 amide bonds. The van der Waals surface area contributed by atoms with E-state index in [0.717, 1.165) is 0 Å². The van der Waals surface area contributed by atoms with Crippen molar-refractivity contribution in [1.82, 2.24) is 15.3 Å². The van der Waals surface area contributed by atoms with Crippen molar-refractivity contribution in [2.45, 2.75) is 13.3 Å². The Morgan fingerprint density at radius 3 is 2.82 bits per heavy atom. The van der Waals surface area contributed by atoms with Gasteiger partial charge >= 0.3 is 0 Å². The number of nitrogens with two attached hydrogens (primary N) is 1. The van der Waals surface area contributed by atoms with Gasteiger partial charge in [0.1, 0.15) is 22.0 Å². The summed E-state index contributed by atoms with van der Waals surface area (Å²) >= 11 is 0. The Morgan fingerprint density at radius 2 is 2.09 bits per heavy atom. The molecule has 0 saturated carbocycles. The maximum Gasteiger partial charge on any atom is 0.251 e. The summed E-state index contributed by atoms with van der Waals surface area (Å²) in [4.78, 5) is 20.0. The fraction of sp³-hybridized carbons (Fsp3) is 0.357. The number of nitrogens with one attached hydrogen (secondary N) is 1. The Bertz CT molecular complexity index is 790. The highest BCUT2D eigenvalue weighted by molar-refractivity contribution is 7.91. The Balaban J connectivity index is 1.98. The maximum atomic E-state index is 12.0. The predicted molar refractivity (Wildman–Crippen MR) is 85.2 cm³/mol. The van der Waals surface area contributed by atoms with E-state index in [1.54, 1.807) is 25.1 Å². The molecule has 0 bridgehead atoms. The molecule has 0 spiro atoms. The van der Waals surface area contributed by atoms with Crippen molar-refractivity contribution >= 4 is 32.5 Å². The van der Waals surface area contributed by atoms with Crippen molar-refractivity contribution in [2.24, 2.45) is 0 Å². The second-order valence-electron chi connectivity index (χ2n) is 4.84. The van der Waals surface area contributed by atoms with Gasteiger partial charge in [-0.05, 0) is 24.6 Å². The van der Waals surface area contributed by atoms with Crippen LogP contribution in [0.2, 0.25) is 0 Å². The predicted octanol–water partition coefficient (Wildman–Crippen LogP) is 0.767. The number of nitrogens with zero attached hydrogens (tertiary/aromatic N) is 2. The molecule has 0 unspecified atom stereocenters. The van der Waals surface area contributed by atoms with E-state index in [1.807, 2.05) is 0 Å². The third-order valence-electron chi connectivity index (χ3n) is 3.29. The minimum atomic E-state index is -3.00. The largest absolute Gasteiger partial charge is 0.383 e. The van der Waals surface area contributed by atoms with Crippen molar-refractivity contribution in [3.8, 4) is 0 Å². The van der Waals surface area contributed by atoms with E-state index in [4.69, 9.17) is 5.73 Å². The molecule has 0 saturated heterocycles. The van der Waals surface area contributed by atoms with Gasteiger partial charge in [-0.2, -0.15) is 0 Å². The molecule has 2 aromatic rings. The molecule has 3 N–H and O–H groups in total. The van der Waals surface area contributed by atoms with Gasteiger partial charge in [0, 0.05) is 23.2 Å². The van der Waals surface area contributed by atoms with E-state index in [-0.39, 0.29) is 17.4 Å². The van der Waals surface area contributed by atoms with Gasteiger partial charge in [0.05, 0.1) is 11.3 Å². The van der Waals surface area contributed by atoms with Crippen LogP contribution in [0.25, 0.3) is 10.9 Å². The number of rotatable bonds is 6. The van der Waals surface area contributed by atoms with Crippen LogP contribution in [0, 0.1) is 0 Å². The van der Waals surface area contributed by atoms with Crippen LogP contribution in [0.3, 0.4) is 0 Å². The molecule has 2 rings (SSSR count). The second kappa shape index (κ2) is 6.69. The fourth-order valence-electron chi connectivity index (χ4n) is 1.96. The standard InChI is InChI=1S/C14H18N4O3S/c1-2-22(20,21)7-3-6-16-14(19)10-4-5-11-12(8-10)17-9-18-13(11)15/h4-5,8-9H,2-3,6-7H2,1H3,(H,16,19)(H2,15,17,18). The summed E-state index contributed by atoms with van der Waals surface area (Å²) < 4.78 is 22.7. The number of hydrogen-bond acceptors (Lipinski definition) is 6. The summed E-state index contributed by atoms with van der Waals surface area (Å²) in [6.07, 6.45) is 1.74. The average molecular weight is 322 g/mol. The maximum absolute atomic E-state index is 12.0. The molecule has 0 fully saturated rings. The summed E-state index contributed by atoms with van der Waals surface area (Å²) in [7, 11) is -3.00. The highest BCUT2D eigenvalue weighted by atomic mass is 32.2. The van der Waals surface area contributed by atoms with Gasteiger partial charge in [-0.15, -0.1) is 0 Å². The summed E-state index contributed by atoms with van der Waals surface area (Å²) in [6, 6.07) is 4.97. The van der Waals surface area contributed by atoms with Crippen LogP contribution in [0.15, 0.2) is 24.5 Å². The Hall–Kier alpha value is -2.22. The van der Waals surface area contributed by atoms with Gasteiger partial charge in [-0.1, -0.05) is 6.92 Å². The first kappa shape index (κ1) is 16.2. The molecule has 0 radical (unpaired) electrons. The number of aromatic nitrogens is 2. The summed E-state index contributed by atoms with van der Waals surface area (Å²) in [5.41, 5.74) is 6.77. The third-order valence-corrected chi connectivity index (χ3v) is 5.08. The van der Waals surface area contributed by atoms with Crippen molar-refractivity contribution in [2.75, 3.05) is 23.8 Å². The SMILES string of the molecule is CCS(=O)(=O)CCCNC(=O)c1ccc2c(N)ncnc2c1. The lowest BCUT2D eigenvalue weighted by Gasteiger charge is -2.07. The van der Waals surface area contributed by atoms with Gasteiger partial charge in [-0.25, -0.2) is 18.4 Å². The molecule has 0 atom stereocenters. The molecule has 1 heterocycles. The lowest BCUT2D eigenvalue weighted by molar-refractivity contribution is 0.0954. The first-order chi connectivity index (χ1) is 10.4. The molecule has 8 heteroatoms. The molecular weight excluding hydrogens is 304 g/mol. The van der Waals surface area contributed by atoms with Crippen molar-refractivity contribution < 1.29 is 13.2 Å². The van der Waals surface area contributed by atoms with E-state index in [9.17, 15) is 13.2 Å². The van der Waals surface area contributed by atoms with Gasteiger partial charge in [0.25, 0.3) is 5.91 Å². The van der Waals surface area contributed by atoms with Crippen LogP contribution >= 0.6 is 0 Å². The van der Waals surface area contributed by atoms with Crippen LogP contribution in [0.1, 0.15) is 23.7 Å². The minimum Gasteiger partial charge on any atom is -0.383 e. The van der Waals surface area contributed by atoms with Crippen molar-refractivity contribution in [3.05, 3.63) is 30.1 Å². The van der Waals surface area contributed by atoms with E-state index in [0.29, 0.717) is 35.2 Å². The summed E-state index contributed by atoms with van der Waals surface area (Å²) in [6.45, 7) is 1.92. The second-order valence-corrected chi connectivity index (χ2v) is 7.31. The highest BCUT2D eigenvalue weighted by Gasteiger charge is 2.10. The Labute approximate surface area is 128 Å². The molecule has 1 aromatic heterocycles. The molecular formula is C14H18N4O3S. The Morgan fingerprint density at radius 1 is 1.32 bits per heavy atom. The molecule has 0 aliphatic heterocycles. The third kappa shape index (κ3) is 3.91. The molecule has 0 aliphatic carbocycles. The van der Waals surface area contributed by atoms with Crippen LogP contribution in [0.5, 0.6) is 0 Å². The van der Waals surface area contributed by atoms with E-state index >= 15 is 0 Å². The van der Waals surface area contributed by atoms with Gasteiger partial charge in [0.15, 0.2) is 0 Å². The minimum absolute atomic E-state index is 0.0747. The molecule has 7 nitrogen and oxygen atoms in total. The number of carbonyl (C=O) groups excluding carboxylic acids is 1. The number of benzene rings is 1. The van der Waals surface area contributed by atoms with E-state index in [2.05, 4.69) is 15.3 Å². The normalized spacial score (nSPS) is 11.5. The molecule has 118 valence electrons. The number of amides is 1. The fourth-order valence-corrected chi connectivity index (χ4v) is 2.83.